The summed E-state index contributed by atoms with van der Waals surface area (Å²) in [6, 6.07) is 11.5. The van der Waals surface area contributed by atoms with Crippen LogP contribution in [0.25, 0.3) is 0 Å². The van der Waals surface area contributed by atoms with Crippen LogP contribution in [0.5, 0.6) is 11.5 Å². The highest BCUT2D eigenvalue weighted by molar-refractivity contribution is 7.89. The number of rotatable bonds is 10. The van der Waals surface area contributed by atoms with Crippen molar-refractivity contribution in [2.24, 2.45) is 5.92 Å². The Morgan fingerprint density at radius 3 is 2.47 bits per heavy atom. The molecule has 0 aliphatic carbocycles. The second-order valence-electron chi connectivity index (χ2n) is 7.51. The Kier molecular flexibility index (Phi) is 8.25. The van der Waals surface area contributed by atoms with Gasteiger partial charge in [-0.25, -0.2) is 12.7 Å². The van der Waals surface area contributed by atoms with E-state index < -0.39 is 10.0 Å². The van der Waals surface area contributed by atoms with Gasteiger partial charge in [-0.05, 0) is 48.2 Å². The highest BCUT2D eigenvalue weighted by Crippen LogP contribution is 2.28. The minimum atomic E-state index is -3.60. The maximum absolute atomic E-state index is 12.5. The monoisotopic (exact) mass is 434 g/mol. The summed E-state index contributed by atoms with van der Waals surface area (Å²) in [5.41, 5.74) is 1.12. The Morgan fingerprint density at radius 1 is 1.10 bits per heavy atom. The fourth-order valence-corrected chi connectivity index (χ4v) is 3.59. The molecule has 0 heterocycles. The van der Waals surface area contributed by atoms with Gasteiger partial charge in [0.15, 0.2) is 11.5 Å². The van der Waals surface area contributed by atoms with Gasteiger partial charge in [0.25, 0.3) is 5.91 Å². The van der Waals surface area contributed by atoms with E-state index in [9.17, 15) is 13.2 Å². The van der Waals surface area contributed by atoms with Crippen LogP contribution in [0.3, 0.4) is 0 Å². The molecule has 0 aliphatic heterocycles. The average molecular weight is 435 g/mol. The normalized spacial score (nSPS) is 11.6. The minimum Gasteiger partial charge on any atom is -0.493 e. The third-order valence-corrected chi connectivity index (χ3v) is 6.32. The fraction of sp³-hybridized carbons (Fsp3) is 0.409. The van der Waals surface area contributed by atoms with Gasteiger partial charge in [-0.3, -0.25) is 4.79 Å². The minimum absolute atomic E-state index is 0.0738. The van der Waals surface area contributed by atoms with E-state index in [-0.39, 0.29) is 22.9 Å². The molecule has 2 aromatic rings. The molecule has 7 nitrogen and oxygen atoms in total. The quantitative estimate of drug-likeness (QED) is 0.620. The number of ether oxygens (including phenoxy) is 2. The van der Waals surface area contributed by atoms with Crippen LogP contribution in [-0.4, -0.2) is 46.4 Å². The molecule has 2 rings (SSSR count). The van der Waals surface area contributed by atoms with Crippen molar-refractivity contribution in [3.63, 3.8) is 0 Å². The van der Waals surface area contributed by atoms with E-state index in [1.54, 1.807) is 19.2 Å². The summed E-state index contributed by atoms with van der Waals surface area (Å²) in [5, 5.41) is 2.81. The van der Waals surface area contributed by atoms with Crippen molar-refractivity contribution in [1.29, 1.82) is 0 Å². The summed E-state index contributed by atoms with van der Waals surface area (Å²) in [6.45, 7) is 5.15. The van der Waals surface area contributed by atoms with Crippen LogP contribution < -0.4 is 14.8 Å². The standard InChI is InChI=1S/C22H30N2O5S/c1-16(2)11-12-29-20-10-9-17(13-21(20)28-5)15-23-22(25)18-7-6-8-19(14-18)30(26,27)24(3)4/h6-10,13-14,16H,11-12,15H2,1-5H3,(H,23,25). The van der Waals surface area contributed by atoms with Crippen molar-refractivity contribution in [2.45, 2.75) is 31.7 Å². The zero-order chi connectivity index (χ0) is 22.3. The lowest BCUT2D eigenvalue weighted by molar-refractivity contribution is 0.0950. The first-order valence-electron chi connectivity index (χ1n) is 9.75. The maximum atomic E-state index is 12.5. The lowest BCUT2D eigenvalue weighted by Crippen LogP contribution is -2.25. The van der Waals surface area contributed by atoms with Gasteiger partial charge in [0, 0.05) is 26.2 Å². The molecule has 0 saturated heterocycles. The highest BCUT2D eigenvalue weighted by Gasteiger charge is 2.18. The third kappa shape index (κ3) is 6.21. The number of carbonyl (C=O) groups is 1. The maximum Gasteiger partial charge on any atom is 0.251 e. The molecule has 1 N–H and O–H groups in total. The summed E-state index contributed by atoms with van der Waals surface area (Å²) in [5.74, 6) is 1.46. The van der Waals surface area contributed by atoms with Crippen molar-refractivity contribution in [2.75, 3.05) is 27.8 Å². The first-order chi connectivity index (χ1) is 14.1. The van der Waals surface area contributed by atoms with Gasteiger partial charge >= 0.3 is 0 Å². The Hall–Kier alpha value is -2.58. The van der Waals surface area contributed by atoms with Crippen molar-refractivity contribution in [3.05, 3.63) is 53.6 Å². The molecule has 1 amide bonds. The molecule has 0 radical (unpaired) electrons. The van der Waals surface area contributed by atoms with Gasteiger partial charge in [0.05, 0.1) is 18.6 Å². The molecule has 30 heavy (non-hydrogen) atoms. The number of benzene rings is 2. The van der Waals surface area contributed by atoms with Gasteiger partial charge in [0.1, 0.15) is 0 Å². The zero-order valence-electron chi connectivity index (χ0n) is 18.1. The van der Waals surface area contributed by atoms with Crippen molar-refractivity contribution >= 4 is 15.9 Å². The average Bonchev–Trinajstić information content (AvgIpc) is 2.72. The zero-order valence-corrected chi connectivity index (χ0v) is 19.0. The summed E-state index contributed by atoms with van der Waals surface area (Å²) >= 11 is 0. The molecule has 8 heteroatoms. The number of sulfonamides is 1. The molecule has 0 fully saturated rings. The van der Waals surface area contributed by atoms with E-state index in [4.69, 9.17) is 9.47 Å². The summed E-state index contributed by atoms with van der Waals surface area (Å²) in [7, 11) is 0.869. The largest absolute Gasteiger partial charge is 0.493 e. The number of amides is 1. The van der Waals surface area contributed by atoms with Crippen LogP contribution in [0.4, 0.5) is 0 Å². The van der Waals surface area contributed by atoms with E-state index in [1.165, 1.54) is 26.2 Å². The summed E-state index contributed by atoms with van der Waals surface area (Å²) in [4.78, 5) is 12.6. The molecular weight excluding hydrogens is 404 g/mol. The van der Waals surface area contributed by atoms with E-state index in [0.29, 0.717) is 24.0 Å². The van der Waals surface area contributed by atoms with Crippen molar-refractivity contribution < 1.29 is 22.7 Å². The molecule has 164 valence electrons. The predicted molar refractivity (Wildman–Crippen MR) is 116 cm³/mol. The SMILES string of the molecule is COc1cc(CNC(=O)c2cccc(S(=O)(=O)N(C)C)c2)ccc1OCCC(C)C. The lowest BCUT2D eigenvalue weighted by atomic mass is 10.1. The van der Waals surface area contributed by atoms with E-state index >= 15 is 0 Å². The van der Waals surface area contributed by atoms with E-state index in [1.807, 2.05) is 18.2 Å². The van der Waals surface area contributed by atoms with Gasteiger partial charge < -0.3 is 14.8 Å². The number of nitrogens with one attached hydrogen (secondary N) is 1. The molecule has 0 bridgehead atoms. The molecular formula is C22H30N2O5S. The van der Waals surface area contributed by atoms with Crippen LogP contribution in [0.2, 0.25) is 0 Å². The first-order valence-corrected chi connectivity index (χ1v) is 11.2. The number of nitrogens with zero attached hydrogens (tertiary/aromatic N) is 1. The summed E-state index contributed by atoms with van der Waals surface area (Å²) < 4.78 is 36.8. The Labute approximate surface area is 179 Å². The van der Waals surface area contributed by atoms with Crippen LogP contribution in [0.15, 0.2) is 47.4 Å². The van der Waals surface area contributed by atoms with Gasteiger partial charge in [-0.2, -0.15) is 0 Å². The van der Waals surface area contributed by atoms with Gasteiger partial charge in [-0.1, -0.05) is 26.0 Å². The van der Waals surface area contributed by atoms with E-state index in [2.05, 4.69) is 19.2 Å². The third-order valence-electron chi connectivity index (χ3n) is 4.51. The predicted octanol–water partition coefficient (Wildman–Crippen LogP) is 3.30. The van der Waals surface area contributed by atoms with Crippen LogP contribution in [0.1, 0.15) is 36.2 Å². The number of methoxy groups -OCH3 is 1. The van der Waals surface area contributed by atoms with Gasteiger partial charge in [0.2, 0.25) is 10.0 Å². The molecule has 2 aromatic carbocycles. The molecule has 0 saturated carbocycles. The number of hydrogen-bond acceptors (Lipinski definition) is 5. The molecule has 0 aliphatic rings. The Bertz CT molecular complexity index is 971. The Morgan fingerprint density at radius 2 is 1.83 bits per heavy atom. The molecule has 0 unspecified atom stereocenters. The highest BCUT2D eigenvalue weighted by atomic mass is 32.2. The second kappa shape index (κ2) is 10.4. The van der Waals surface area contributed by atoms with Crippen molar-refractivity contribution in [1.82, 2.24) is 9.62 Å². The van der Waals surface area contributed by atoms with Crippen LogP contribution >= 0.6 is 0 Å². The number of hydrogen-bond donors (Lipinski definition) is 1. The first kappa shape index (κ1) is 23.7. The number of carbonyl (C=O) groups excluding carboxylic acids is 1. The lowest BCUT2D eigenvalue weighted by Gasteiger charge is -2.14. The second-order valence-corrected chi connectivity index (χ2v) is 9.67. The summed E-state index contributed by atoms with van der Waals surface area (Å²) in [6.07, 6.45) is 0.948. The van der Waals surface area contributed by atoms with Crippen LogP contribution in [-0.2, 0) is 16.6 Å². The molecule has 0 spiro atoms. The van der Waals surface area contributed by atoms with Crippen LogP contribution in [0, 0.1) is 5.92 Å². The smallest absolute Gasteiger partial charge is 0.251 e. The molecule has 0 atom stereocenters. The topological polar surface area (TPSA) is 84.9 Å². The van der Waals surface area contributed by atoms with Gasteiger partial charge in [-0.15, -0.1) is 0 Å². The van der Waals surface area contributed by atoms with Crippen molar-refractivity contribution in [3.8, 4) is 11.5 Å². The Balaban J connectivity index is 2.06. The fourth-order valence-electron chi connectivity index (χ4n) is 2.64. The molecule has 0 aromatic heterocycles. The van der Waals surface area contributed by atoms with E-state index in [0.717, 1.165) is 16.3 Å².